The van der Waals surface area contributed by atoms with E-state index in [0.29, 0.717) is 4.31 Å². The highest BCUT2D eigenvalue weighted by Gasteiger charge is 2.59. The van der Waals surface area contributed by atoms with Gasteiger partial charge < -0.3 is 5.11 Å². The topological polar surface area (TPSA) is 57.6 Å². The van der Waals surface area contributed by atoms with Crippen LogP contribution in [0.4, 0.5) is 13.2 Å². The Hall–Kier alpha value is -0.340. The van der Waals surface area contributed by atoms with Crippen molar-refractivity contribution in [3.05, 3.63) is 0 Å². The summed E-state index contributed by atoms with van der Waals surface area (Å²) in [6.07, 6.45) is -5.43. The molecule has 0 spiro atoms. The molecule has 1 atom stereocenters. The quantitative estimate of drug-likeness (QED) is 0.780. The zero-order chi connectivity index (χ0) is 13.7. The van der Waals surface area contributed by atoms with Crippen LogP contribution in [0.1, 0.15) is 27.2 Å². The fourth-order valence-electron chi connectivity index (χ4n) is 1.58. The highest BCUT2D eigenvalue weighted by atomic mass is 32.2. The van der Waals surface area contributed by atoms with E-state index in [1.54, 1.807) is 0 Å². The molecule has 0 radical (unpaired) electrons. The number of halogens is 3. The van der Waals surface area contributed by atoms with Crippen LogP contribution in [0.2, 0.25) is 0 Å². The Morgan fingerprint density at radius 3 is 2.00 bits per heavy atom. The molecule has 1 saturated heterocycles. The Kier molecular flexibility index (Phi) is 3.31. The smallest absolute Gasteiger partial charge is 0.379 e. The second-order valence-corrected chi connectivity index (χ2v) is 7.92. The number of rotatable bonds is 1. The van der Waals surface area contributed by atoms with Gasteiger partial charge in [-0.2, -0.15) is 17.5 Å². The van der Waals surface area contributed by atoms with Gasteiger partial charge >= 0.3 is 6.18 Å². The van der Waals surface area contributed by atoms with Crippen LogP contribution in [0.3, 0.4) is 0 Å². The number of aliphatic hydroxyl groups is 1. The van der Waals surface area contributed by atoms with E-state index in [4.69, 9.17) is 0 Å². The van der Waals surface area contributed by atoms with Crippen molar-refractivity contribution in [3.63, 3.8) is 0 Å². The third-order valence-electron chi connectivity index (χ3n) is 2.85. The van der Waals surface area contributed by atoms with Gasteiger partial charge in [-0.05, 0) is 20.8 Å². The Morgan fingerprint density at radius 2 is 1.71 bits per heavy atom. The lowest BCUT2D eigenvalue weighted by Gasteiger charge is -2.29. The zero-order valence-corrected chi connectivity index (χ0v) is 10.7. The summed E-state index contributed by atoms with van der Waals surface area (Å²) in [4.78, 5) is 0. The van der Waals surface area contributed by atoms with Crippen LogP contribution in [0.5, 0.6) is 0 Å². The molecule has 0 saturated carbocycles. The van der Waals surface area contributed by atoms with Gasteiger partial charge in [0.2, 0.25) is 10.0 Å². The third-order valence-corrected chi connectivity index (χ3v) is 5.39. The van der Waals surface area contributed by atoms with E-state index in [9.17, 15) is 26.7 Å². The lowest BCUT2D eigenvalue weighted by atomic mass is 10.0. The Balaban J connectivity index is 2.97. The summed E-state index contributed by atoms with van der Waals surface area (Å²) < 4.78 is 61.0. The highest BCUT2D eigenvalue weighted by molar-refractivity contribution is 7.90. The summed E-state index contributed by atoms with van der Waals surface area (Å²) in [5, 5.41) is 9.40. The summed E-state index contributed by atoms with van der Waals surface area (Å²) in [6, 6.07) is 0. The molecule has 1 aliphatic rings. The molecule has 1 aliphatic heterocycles. The number of β-amino-alcohol motifs (C(OH)–C–C–N with tert-alkyl or cyclic N) is 1. The van der Waals surface area contributed by atoms with Gasteiger partial charge in [0, 0.05) is 13.0 Å². The minimum atomic E-state index is -4.81. The number of hydrogen-bond acceptors (Lipinski definition) is 3. The number of hydrogen-bond donors (Lipinski definition) is 1. The highest BCUT2D eigenvalue weighted by Crippen LogP contribution is 2.39. The second kappa shape index (κ2) is 3.83. The molecule has 0 amide bonds. The van der Waals surface area contributed by atoms with Gasteiger partial charge in [-0.15, -0.1) is 0 Å². The fourth-order valence-corrected chi connectivity index (χ4v) is 3.07. The van der Waals surface area contributed by atoms with E-state index >= 15 is 0 Å². The first kappa shape index (κ1) is 14.7. The minimum Gasteiger partial charge on any atom is -0.379 e. The van der Waals surface area contributed by atoms with Crippen LogP contribution < -0.4 is 0 Å². The molecule has 1 unspecified atom stereocenters. The molecule has 0 aromatic heterocycles. The summed E-state index contributed by atoms with van der Waals surface area (Å²) in [7, 11) is -3.83. The summed E-state index contributed by atoms with van der Waals surface area (Å²) in [5.41, 5.74) is -2.93. The molecule has 1 fully saturated rings. The van der Waals surface area contributed by atoms with Crippen LogP contribution in [-0.2, 0) is 10.0 Å². The standard InChI is InChI=1S/C9H16F3NO3S/c1-7(2,3)17(15,16)13-5-4-8(14,6-13)9(10,11)12/h14H,4-6H2,1-3H3. The van der Waals surface area contributed by atoms with Gasteiger partial charge in [0.05, 0.1) is 11.3 Å². The van der Waals surface area contributed by atoms with Crippen molar-refractivity contribution >= 4 is 10.0 Å². The van der Waals surface area contributed by atoms with Gasteiger partial charge in [-0.25, -0.2) is 8.42 Å². The van der Waals surface area contributed by atoms with Gasteiger partial charge in [-0.1, -0.05) is 0 Å². The van der Waals surface area contributed by atoms with E-state index < -0.39 is 39.5 Å². The first-order valence-electron chi connectivity index (χ1n) is 5.10. The SMILES string of the molecule is CC(C)(C)S(=O)(=O)N1CCC(O)(C(F)(F)F)C1. The van der Waals surface area contributed by atoms with E-state index in [0.717, 1.165) is 0 Å². The van der Waals surface area contributed by atoms with Crippen LogP contribution in [0.25, 0.3) is 0 Å². The average molecular weight is 275 g/mol. The lowest BCUT2D eigenvalue weighted by molar-refractivity contribution is -0.252. The number of alkyl halides is 3. The Labute approximate surface area is 98.5 Å². The first-order chi connectivity index (χ1) is 7.31. The molecule has 0 aliphatic carbocycles. The number of nitrogens with zero attached hydrogens (tertiary/aromatic N) is 1. The van der Waals surface area contributed by atoms with Gasteiger partial charge in [0.25, 0.3) is 0 Å². The molecule has 1 N–H and O–H groups in total. The summed E-state index contributed by atoms with van der Waals surface area (Å²) in [6.45, 7) is 3.00. The van der Waals surface area contributed by atoms with Crippen LogP contribution >= 0.6 is 0 Å². The average Bonchev–Trinajstić information content (AvgIpc) is 2.46. The van der Waals surface area contributed by atoms with Gasteiger partial charge in [0.1, 0.15) is 0 Å². The molecular weight excluding hydrogens is 259 g/mol. The molecule has 4 nitrogen and oxygen atoms in total. The molecule has 1 rings (SSSR count). The van der Waals surface area contributed by atoms with Crippen molar-refractivity contribution in [1.29, 1.82) is 0 Å². The fraction of sp³-hybridized carbons (Fsp3) is 1.00. The van der Waals surface area contributed by atoms with Crippen molar-refractivity contribution in [3.8, 4) is 0 Å². The Morgan fingerprint density at radius 1 is 1.24 bits per heavy atom. The third kappa shape index (κ3) is 2.43. The molecular formula is C9H16F3NO3S. The van der Waals surface area contributed by atoms with Crippen molar-refractivity contribution in [2.45, 2.75) is 43.7 Å². The van der Waals surface area contributed by atoms with Crippen LogP contribution in [0.15, 0.2) is 0 Å². The predicted molar refractivity (Wildman–Crippen MR) is 55.9 cm³/mol. The number of sulfonamides is 1. The van der Waals surface area contributed by atoms with E-state index in [1.165, 1.54) is 20.8 Å². The molecule has 0 bridgehead atoms. The maximum atomic E-state index is 12.5. The Bertz CT molecular complexity index is 399. The minimum absolute atomic E-state index is 0.310. The molecule has 0 aromatic rings. The van der Waals surface area contributed by atoms with Crippen LogP contribution in [-0.4, -0.2) is 47.4 Å². The van der Waals surface area contributed by atoms with Crippen molar-refractivity contribution in [2.75, 3.05) is 13.1 Å². The normalized spacial score (nSPS) is 28.6. The molecule has 102 valence electrons. The summed E-state index contributed by atoms with van der Waals surface area (Å²) >= 11 is 0. The first-order valence-corrected chi connectivity index (χ1v) is 6.54. The molecule has 1 heterocycles. The molecule has 0 aromatic carbocycles. The monoisotopic (exact) mass is 275 g/mol. The summed E-state index contributed by atoms with van der Waals surface area (Å²) in [5.74, 6) is 0. The maximum Gasteiger partial charge on any atom is 0.418 e. The van der Waals surface area contributed by atoms with Crippen LogP contribution in [0, 0.1) is 0 Å². The molecule has 17 heavy (non-hydrogen) atoms. The largest absolute Gasteiger partial charge is 0.418 e. The zero-order valence-electron chi connectivity index (χ0n) is 9.87. The predicted octanol–water partition coefficient (Wildman–Crippen LogP) is 1.11. The van der Waals surface area contributed by atoms with E-state index in [-0.39, 0.29) is 6.54 Å². The van der Waals surface area contributed by atoms with Crippen molar-refractivity contribution in [2.24, 2.45) is 0 Å². The van der Waals surface area contributed by atoms with E-state index in [2.05, 4.69) is 0 Å². The van der Waals surface area contributed by atoms with E-state index in [1.807, 2.05) is 0 Å². The molecule has 8 heteroatoms. The lowest BCUT2D eigenvalue weighted by Crippen LogP contribution is -2.50. The maximum absolute atomic E-state index is 12.5. The van der Waals surface area contributed by atoms with Crippen molar-refractivity contribution < 1.29 is 26.7 Å². The second-order valence-electron chi connectivity index (χ2n) is 5.23. The van der Waals surface area contributed by atoms with Crippen molar-refractivity contribution in [1.82, 2.24) is 4.31 Å². The van der Waals surface area contributed by atoms with Gasteiger partial charge in [0.15, 0.2) is 5.60 Å². The van der Waals surface area contributed by atoms with Gasteiger partial charge in [-0.3, -0.25) is 0 Å².